The first-order valence-corrected chi connectivity index (χ1v) is 13.6. The van der Waals surface area contributed by atoms with E-state index in [2.05, 4.69) is 56.9 Å². The summed E-state index contributed by atoms with van der Waals surface area (Å²) >= 11 is 12.0. The second kappa shape index (κ2) is 11.4. The summed E-state index contributed by atoms with van der Waals surface area (Å²) in [6.07, 6.45) is 3.71. The number of benzene rings is 2. The number of urea groups is 1. The summed E-state index contributed by atoms with van der Waals surface area (Å²) < 4.78 is 11.2. The van der Waals surface area contributed by atoms with Gasteiger partial charge in [0.15, 0.2) is 11.5 Å². The van der Waals surface area contributed by atoms with E-state index in [1.165, 1.54) is 11.1 Å². The summed E-state index contributed by atoms with van der Waals surface area (Å²) in [5.74, 6) is 1.47. The number of anilines is 1. The summed E-state index contributed by atoms with van der Waals surface area (Å²) in [5.41, 5.74) is 3.03. The van der Waals surface area contributed by atoms with Crippen molar-refractivity contribution in [3.63, 3.8) is 0 Å². The van der Waals surface area contributed by atoms with Gasteiger partial charge in [-0.2, -0.15) is 0 Å². The highest BCUT2D eigenvalue weighted by Crippen LogP contribution is 2.50. The van der Waals surface area contributed by atoms with E-state index >= 15 is 0 Å². The van der Waals surface area contributed by atoms with Crippen LogP contribution in [0.1, 0.15) is 36.8 Å². The Hall–Kier alpha value is -3.00. The molecule has 0 spiro atoms. The van der Waals surface area contributed by atoms with Crippen LogP contribution in [0.2, 0.25) is 10.3 Å². The Labute approximate surface area is 233 Å². The first-order chi connectivity index (χ1) is 18.4. The van der Waals surface area contributed by atoms with Crippen LogP contribution in [0, 0.1) is 0 Å². The molecule has 1 aliphatic heterocycles. The van der Waals surface area contributed by atoms with Crippen LogP contribution in [-0.4, -0.2) is 48.8 Å². The normalized spacial score (nSPS) is 22.9. The number of hydrogen-bond donors (Lipinski definition) is 2. The average Bonchev–Trinajstić information content (AvgIpc) is 3.26. The Bertz CT molecular complexity index is 1270. The molecule has 200 valence electrons. The quantitative estimate of drug-likeness (QED) is 0.335. The van der Waals surface area contributed by atoms with Crippen LogP contribution in [0.4, 0.5) is 10.5 Å². The van der Waals surface area contributed by atoms with Gasteiger partial charge in [-0.1, -0.05) is 59.6 Å². The van der Waals surface area contributed by atoms with E-state index in [-0.39, 0.29) is 33.8 Å². The van der Waals surface area contributed by atoms with E-state index in [1.54, 1.807) is 26.4 Å². The van der Waals surface area contributed by atoms with Gasteiger partial charge in [0.2, 0.25) is 0 Å². The second-order valence-corrected chi connectivity index (χ2v) is 10.8. The largest absolute Gasteiger partial charge is 0.493 e. The van der Waals surface area contributed by atoms with Crippen molar-refractivity contribution >= 4 is 34.9 Å². The van der Waals surface area contributed by atoms with Crippen LogP contribution in [0.25, 0.3) is 0 Å². The number of amides is 2. The van der Waals surface area contributed by atoms with Gasteiger partial charge < -0.3 is 20.1 Å². The topological polar surface area (TPSA) is 75.7 Å². The standard InChI is InChI=1S/C29H32Cl2N4O3/c1-37-23-9-8-20(14-24(23)38-2)29-11-10-21(32-28(36)33-22-16-26(30)34-27(31)17-22)15-25(29)35(13-12-29)18-19-6-4-3-5-7-19/h3-9,14,16-17,21,25H,10-13,15,18H2,1-2H3,(H2,32,33,34,36)/t21-,25-,29+/m1/s1. The van der Waals surface area contributed by atoms with Crippen LogP contribution >= 0.6 is 23.2 Å². The highest BCUT2D eigenvalue weighted by Gasteiger charge is 2.51. The van der Waals surface area contributed by atoms with Crippen LogP contribution in [0.3, 0.4) is 0 Å². The van der Waals surface area contributed by atoms with E-state index in [1.807, 2.05) is 12.1 Å². The van der Waals surface area contributed by atoms with Crippen molar-refractivity contribution < 1.29 is 14.3 Å². The third kappa shape index (κ3) is 5.55. The number of ether oxygens (including phenoxy) is 2. The smallest absolute Gasteiger partial charge is 0.319 e. The van der Waals surface area contributed by atoms with E-state index < -0.39 is 0 Å². The predicted molar refractivity (Wildman–Crippen MR) is 151 cm³/mol. The molecule has 1 aromatic heterocycles. The van der Waals surface area contributed by atoms with Crippen LogP contribution in [0.5, 0.6) is 11.5 Å². The lowest BCUT2D eigenvalue weighted by atomic mass is 9.65. The van der Waals surface area contributed by atoms with Gasteiger partial charge in [-0.05, 0) is 67.6 Å². The summed E-state index contributed by atoms with van der Waals surface area (Å²) in [6.45, 7) is 1.86. The van der Waals surface area contributed by atoms with Gasteiger partial charge in [0.25, 0.3) is 0 Å². The molecule has 2 fully saturated rings. The van der Waals surface area contributed by atoms with Crippen molar-refractivity contribution in [3.8, 4) is 11.5 Å². The molecule has 2 aromatic carbocycles. The minimum Gasteiger partial charge on any atom is -0.493 e. The van der Waals surface area contributed by atoms with Gasteiger partial charge >= 0.3 is 6.03 Å². The fraction of sp³-hybridized carbons (Fsp3) is 0.379. The van der Waals surface area contributed by atoms with Gasteiger partial charge in [0.1, 0.15) is 10.3 Å². The number of rotatable bonds is 7. The molecule has 0 unspecified atom stereocenters. The number of carbonyl (C=O) groups is 1. The molecule has 9 heteroatoms. The highest BCUT2D eigenvalue weighted by atomic mass is 35.5. The number of likely N-dealkylation sites (tertiary alicyclic amines) is 1. The number of nitrogens with one attached hydrogen (secondary N) is 2. The number of pyridine rings is 1. The van der Waals surface area contributed by atoms with Crippen LogP contribution in [0.15, 0.2) is 60.7 Å². The zero-order valence-electron chi connectivity index (χ0n) is 21.5. The zero-order valence-corrected chi connectivity index (χ0v) is 23.1. The van der Waals surface area contributed by atoms with Crippen molar-refractivity contribution in [1.82, 2.24) is 15.2 Å². The summed E-state index contributed by atoms with van der Waals surface area (Å²) in [4.78, 5) is 19.4. The Morgan fingerprint density at radius 2 is 1.76 bits per heavy atom. The molecule has 38 heavy (non-hydrogen) atoms. The fourth-order valence-electron chi connectivity index (χ4n) is 6.16. The summed E-state index contributed by atoms with van der Waals surface area (Å²) in [5, 5.41) is 6.49. The number of carbonyl (C=O) groups excluding carboxylic acids is 1. The van der Waals surface area contributed by atoms with Crippen LogP contribution in [-0.2, 0) is 12.0 Å². The number of nitrogens with zero attached hydrogens (tertiary/aromatic N) is 2. The van der Waals surface area contributed by atoms with E-state index in [9.17, 15) is 4.79 Å². The maximum absolute atomic E-state index is 12.9. The van der Waals surface area contributed by atoms with Gasteiger partial charge in [0, 0.05) is 29.7 Å². The third-order valence-electron chi connectivity index (χ3n) is 7.91. The SMILES string of the molecule is COc1ccc([C@@]23CC[C@@H](NC(=O)Nc4cc(Cl)nc(Cl)c4)C[C@H]2N(Cc2ccccc2)CC3)cc1OC. The molecule has 5 rings (SSSR count). The molecule has 7 nitrogen and oxygen atoms in total. The molecular formula is C29H32Cl2N4O3. The van der Waals surface area contributed by atoms with E-state index in [0.717, 1.165) is 50.3 Å². The van der Waals surface area contributed by atoms with Crippen molar-refractivity contribution in [2.75, 3.05) is 26.1 Å². The van der Waals surface area contributed by atoms with Crippen molar-refractivity contribution in [3.05, 3.63) is 82.1 Å². The number of fused-ring (bicyclic) bond motifs is 1. The maximum Gasteiger partial charge on any atom is 0.319 e. The van der Waals surface area contributed by atoms with Gasteiger partial charge in [-0.15, -0.1) is 0 Å². The predicted octanol–water partition coefficient (Wildman–Crippen LogP) is 6.29. The molecule has 2 heterocycles. The first kappa shape index (κ1) is 26.6. The highest BCUT2D eigenvalue weighted by molar-refractivity contribution is 6.32. The average molecular weight is 556 g/mol. The molecule has 2 N–H and O–H groups in total. The molecule has 2 aliphatic rings. The molecule has 2 amide bonds. The Morgan fingerprint density at radius 1 is 1.03 bits per heavy atom. The lowest BCUT2D eigenvalue weighted by Gasteiger charge is -2.45. The molecule has 0 bridgehead atoms. The Balaban J connectivity index is 1.38. The first-order valence-electron chi connectivity index (χ1n) is 12.8. The van der Waals surface area contributed by atoms with Crippen molar-refractivity contribution in [2.24, 2.45) is 0 Å². The second-order valence-electron chi connectivity index (χ2n) is 10.0. The lowest BCUT2D eigenvalue weighted by Crippen LogP contribution is -2.52. The van der Waals surface area contributed by atoms with Gasteiger partial charge in [0.05, 0.1) is 14.2 Å². The van der Waals surface area contributed by atoms with E-state index in [0.29, 0.717) is 5.69 Å². The Kier molecular flexibility index (Phi) is 7.98. The number of hydrogen-bond acceptors (Lipinski definition) is 5. The van der Waals surface area contributed by atoms with Crippen LogP contribution < -0.4 is 20.1 Å². The summed E-state index contributed by atoms with van der Waals surface area (Å²) in [6, 6.07) is 20.0. The molecule has 3 atom stereocenters. The van der Waals surface area contributed by atoms with Gasteiger partial charge in [-0.25, -0.2) is 9.78 Å². The van der Waals surface area contributed by atoms with Crippen molar-refractivity contribution in [1.29, 1.82) is 0 Å². The van der Waals surface area contributed by atoms with Crippen molar-refractivity contribution in [2.45, 2.75) is 49.7 Å². The zero-order chi connectivity index (χ0) is 26.7. The Morgan fingerprint density at radius 3 is 2.47 bits per heavy atom. The monoisotopic (exact) mass is 554 g/mol. The number of aromatic nitrogens is 1. The van der Waals surface area contributed by atoms with Gasteiger partial charge in [-0.3, -0.25) is 4.90 Å². The lowest BCUT2D eigenvalue weighted by molar-refractivity contribution is 0.131. The number of methoxy groups -OCH3 is 2. The third-order valence-corrected chi connectivity index (χ3v) is 8.30. The molecule has 1 saturated carbocycles. The summed E-state index contributed by atoms with van der Waals surface area (Å²) in [7, 11) is 3.33. The minimum atomic E-state index is -0.278. The molecule has 1 saturated heterocycles. The molecular weight excluding hydrogens is 523 g/mol. The molecule has 3 aromatic rings. The maximum atomic E-state index is 12.9. The fourth-order valence-corrected chi connectivity index (χ4v) is 6.62. The number of halogens is 2. The van der Waals surface area contributed by atoms with E-state index in [4.69, 9.17) is 32.7 Å². The minimum absolute atomic E-state index is 0.0254. The molecule has 0 radical (unpaired) electrons. The molecule has 1 aliphatic carbocycles.